The van der Waals surface area contributed by atoms with Gasteiger partial charge in [0, 0.05) is 5.69 Å². The van der Waals surface area contributed by atoms with Crippen LogP contribution in [0.3, 0.4) is 0 Å². The SMILES string of the molecule is C[C@H](OC(=O)C1=C(Nc2ccccc2)OCC1=O)C(=O)Nc1ccccc1Cl. The van der Waals surface area contributed by atoms with Crippen LogP contribution in [0.15, 0.2) is 66.1 Å². The zero-order valence-electron chi connectivity index (χ0n) is 14.9. The van der Waals surface area contributed by atoms with Crippen LogP contribution in [-0.4, -0.2) is 30.4 Å². The summed E-state index contributed by atoms with van der Waals surface area (Å²) >= 11 is 6.00. The summed E-state index contributed by atoms with van der Waals surface area (Å²) in [6, 6.07) is 15.6. The third-order valence-corrected chi connectivity index (χ3v) is 4.20. The largest absolute Gasteiger partial charge is 0.470 e. The van der Waals surface area contributed by atoms with Crippen molar-refractivity contribution in [1.82, 2.24) is 0 Å². The summed E-state index contributed by atoms with van der Waals surface area (Å²) < 4.78 is 10.4. The van der Waals surface area contributed by atoms with Crippen molar-refractivity contribution in [3.63, 3.8) is 0 Å². The molecular formula is C20H17ClN2O5. The molecule has 3 rings (SSSR count). The maximum Gasteiger partial charge on any atom is 0.348 e. The van der Waals surface area contributed by atoms with Crippen molar-refractivity contribution < 1.29 is 23.9 Å². The lowest BCUT2D eigenvalue weighted by atomic mass is 10.2. The van der Waals surface area contributed by atoms with Gasteiger partial charge in [-0.2, -0.15) is 0 Å². The van der Waals surface area contributed by atoms with Crippen LogP contribution in [0.4, 0.5) is 11.4 Å². The Labute approximate surface area is 166 Å². The number of carbonyl (C=O) groups excluding carboxylic acids is 3. The first kappa shape index (κ1) is 19.4. The Bertz CT molecular complexity index is 943. The molecule has 1 aliphatic heterocycles. The maximum absolute atomic E-state index is 12.5. The first-order valence-electron chi connectivity index (χ1n) is 8.44. The van der Waals surface area contributed by atoms with Crippen molar-refractivity contribution >= 4 is 40.6 Å². The molecule has 2 N–H and O–H groups in total. The molecule has 1 atom stereocenters. The minimum atomic E-state index is -1.15. The van der Waals surface area contributed by atoms with Gasteiger partial charge in [0.1, 0.15) is 0 Å². The second kappa shape index (κ2) is 8.58. The van der Waals surface area contributed by atoms with Crippen molar-refractivity contribution in [2.45, 2.75) is 13.0 Å². The number of ketones is 1. The predicted octanol–water partition coefficient (Wildman–Crippen LogP) is 3.13. The molecule has 0 bridgehead atoms. The maximum atomic E-state index is 12.5. The fraction of sp³-hybridized carbons (Fsp3) is 0.150. The molecule has 1 amide bonds. The summed E-state index contributed by atoms with van der Waals surface area (Å²) in [5, 5.41) is 5.79. The molecule has 0 radical (unpaired) electrons. The van der Waals surface area contributed by atoms with E-state index in [1.165, 1.54) is 6.92 Å². The van der Waals surface area contributed by atoms with Crippen LogP contribution in [0.2, 0.25) is 5.02 Å². The molecule has 0 saturated carbocycles. The lowest BCUT2D eigenvalue weighted by Crippen LogP contribution is -2.31. The van der Waals surface area contributed by atoms with Gasteiger partial charge in [0.25, 0.3) is 5.91 Å². The number of ether oxygens (including phenoxy) is 2. The van der Waals surface area contributed by atoms with E-state index in [1.54, 1.807) is 48.5 Å². The van der Waals surface area contributed by atoms with Gasteiger partial charge >= 0.3 is 5.97 Å². The van der Waals surface area contributed by atoms with Gasteiger partial charge in [-0.3, -0.25) is 9.59 Å². The zero-order valence-corrected chi connectivity index (χ0v) is 15.7. The highest BCUT2D eigenvalue weighted by molar-refractivity contribution is 6.33. The third-order valence-electron chi connectivity index (χ3n) is 3.87. The number of hydrogen-bond acceptors (Lipinski definition) is 6. The Morgan fingerprint density at radius 3 is 2.50 bits per heavy atom. The molecule has 28 heavy (non-hydrogen) atoms. The number of carbonyl (C=O) groups is 3. The van der Waals surface area contributed by atoms with Gasteiger partial charge in [0.2, 0.25) is 11.7 Å². The van der Waals surface area contributed by atoms with E-state index in [2.05, 4.69) is 10.6 Å². The summed E-state index contributed by atoms with van der Waals surface area (Å²) in [5.74, 6) is -2.05. The molecule has 1 heterocycles. The molecule has 0 spiro atoms. The summed E-state index contributed by atoms with van der Waals surface area (Å²) in [6.45, 7) is 1.12. The molecule has 0 aromatic heterocycles. The van der Waals surface area contributed by atoms with Crippen LogP contribution in [0, 0.1) is 0 Å². The average molecular weight is 401 g/mol. The molecule has 8 heteroatoms. The number of para-hydroxylation sites is 2. The molecule has 0 unspecified atom stereocenters. The van der Waals surface area contributed by atoms with E-state index in [9.17, 15) is 14.4 Å². The lowest BCUT2D eigenvalue weighted by molar-refractivity contribution is -0.150. The van der Waals surface area contributed by atoms with Crippen LogP contribution < -0.4 is 10.6 Å². The van der Waals surface area contributed by atoms with E-state index < -0.39 is 23.8 Å². The molecule has 7 nitrogen and oxygen atoms in total. The number of Topliss-reactive ketones (excluding diaryl/α,β-unsaturated/α-hetero) is 1. The number of amides is 1. The van der Waals surface area contributed by atoms with Gasteiger partial charge in [0.15, 0.2) is 18.3 Å². The van der Waals surface area contributed by atoms with Crippen LogP contribution in [0.25, 0.3) is 0 Å². The Morgan fingerprint density at radius 2 is 1.79 bits per heavy atom. The quantitative estimate of drug-likeness (QED) is 0.571. The van der Waals surface area contributed by atoms with Crippen molar-refractivity contribution in [2.24, 2.45) is 0 Å². The Kier molecular flexibility index (Phi) is 5.96. The summed E-state index contributed by atoms with van der Waals surface area (Å²) in [5.41, 5.74) is 0.770. The summed E-state index contributed by atoms with van der Waals surface area (Å²) in [6.07, 6.45) is -1.15. The van der Waals surface area contributed by atoms with Gasteiger partial charge in [-0.1, -0.05) is 41.9 Å². The monoisotopic (exact) mass is 400 g/mol. The van der Waals surface area contributed by atoms with Gasteiger partial charge in [-0.25, -0.2) is 4.79 Å². The second-order valence-electron chi connectivity index (χ2n) is 5.92. The van der Waals surface area contributed by atoms with Gasteiger partial charge in [-0.05, 0) is 31.2 Å². The standard InChI is InChI=1S/C20H17ClN2O5/c1-12(18(25)23-15-10-6-5-9-14(15)21)28-20(26)17-16(24)11-27-19(17)22-13-7-3-2-4-8-13/h2-10,12,22H,11H2,1H3,(H,23,25)/t12-/m0/s1. The first-order valence-corrected chi connectivity index (χ1v) is 8.82. The highest BCUT2D eigenvalue weighted by Gasteiger charge is 2.34. The second-order valence-corrected chi connectivity index (χ2v) is 6.33. The fourth-order valence-electron chi connectivity index (χ4n) is 2.44. The predicted molar refractivity (Wildman–Crippen MR) is 104 cm³/mol. The Morgan fingerprint density at radius 1 is 1.11 bits per heavy atom. The van der Waals surface area contributed by atoms with Crippen LogP contribution in [-0.2, 0) is 23.9 Å². The number of benzene rings is 2. The Balaban J connectivity index is 1.69. The van der Waals surface area contributed by atoms with E-state index >= 15 is 0 Å². The molecule has 0 saturated heterocycles. The van der Waals surface area contributed by atoms with Crippen molar-refractivity contribution in [2.75, 3.05) is 17.2 Å². The van der Waals surface area contributed by atoms with E-state index in [4.69, 9.17) is 21.1 Å². The highest BCUT2D eigenvalue weighted by Crippen LogP contribution is 2.23. The average Bonchev–Trinajstić information content (AvgIpc) is 3.04. The molecule has 1 aliphatic rings. The molecule has 144 valence electrons. The van der Waals surface area contributed by atoms with Crippen molar-refractivity contribution in [3.8, 4) is 0 Å². The van der Waals surface area contributed by atoms with E-state index in [0.717, 1.165) is 0 Å². The van der Waals surface area contributed by atoms with Crippen molar-refractivity contribution in [1.29, 1.82) is 0 Å². The normalized spacial score (nSPS) is 14.3. The Hall–Kier alpha value is -3.32. The van der Waals surface area contributed by atoms with E-state index in [1.807, 2.05) is 6.07 Å². The number of halogens is 1. The van der Waals surface area contributed by atoms with Crippen LogP contribution in [0.5, 0.6) is 0 Å². The number of nitrogens with one attached hydrogen (secondary N) is 2. The number of esters is 1. The zero-order chi connectivity index (χ0) is 20.1. The van der Waals surface area contributed by atoms with Crippen LogP contribution in [0.1, 0.15) is 6.92 Å². The summed E-state index contributed by atoms with van der Waals surface area (Å²) in [7, 11) is 0. The minimum absolute atomic E-state index is 0.0000815. The molecule has 0 aliphatic carbocycles. The number of rotatable bonds is 6. The van der Waals surface area contributed by atoms with E-state index in [-0.39, 0.29) is 18.1 Å². The fourth-order valence-corrected chi connectivity index (χ4v) is 2.62. The van der Waals surface area contributed by atoms with E-state index in [0.29, 0.717) is 16.4 Å². The van der Waals surface area contributed by atoms with Gasteiger partial charge in [-0.15, -0.1) is 0 Å². The van der Waals surface area contributed by atoms with Crippen molar-refractivity contribution in [3.05, 3.63) is 71.1 Å². The molecule has 2 aromatic carbocycles. The molecular weight excluding hydrogens is 384 g/mol. The number of hydrogen-bond donors (Lipinski definition) is 2. The van der Waals surface area contributed by atoms with Gasteiger partial charge < -0.3 is 20.1 Å². The molecule has 0 fully saturated rings. The first-order chi connectivity index (χ1) is 13.5. The van der Waals surface area contributed by atoms with Crippen LogP contribution >= 0.6 is 11.6 Å². The smallest absolute Gasteiger partial charge is 0.348 e. The third kappa shape index (κ3) is 4.50. The van der Waals surface area contributed by atoms with Gasteiger partial charge in [0.05, 0.1) is 10.7 Å². The highest BCUT2D eigenvalue weighted by atomic mass is 35.5. The topological polar surface area (TPSA) is 93.7 Å². The lowest BCUT2D eigenvalue weighted by Gasteiger charge is -2.14. The minimum Gasteiger partial charge on any atom is -0.470 e. The molecule has 2 aromatic rings. The summed E-state index contributed by atoms with van der Waals surface area (Å²) in [4.78, 5) is 36.8. The number of anilines is 2.